The summed E-state index contributed by atoms with van der Waals surface area (Å²) >= 11 is 0. The van der Waals surface area contributed by atoms with Crippen LogP contribution in [0, 0.1) is 0 Å². The second-order valence-corrected chi connectivity index (χ2v) is 7.87. The van der Waals surface area contributed by atoms with E-state index in [9.17, 15) is 26.4 Å². The molecular weight excluding hydrogens is 399 g/mol. The molecule has 11 heteroatoms. The van der Waals surface area contributed by atoms with E-state index in [1.165, 1.54) is 0 Å². The molecule has 0 saturated heterocycles. The Labute approximate surface area is 186 Å². The number of carbonyl (C=O) groups is 2. The summed E-state index contributed by atoms with van der Waals surface area (Å²) < 4.78 is 62.8. The third kappa shape index (κ3) is 3.70. The fraction of sp³-hybridized carbons (Fsp3) is 0. The monoisotopic (exact) mass is 408 g/mol. The molecule has 1 aliphatic rings. The predicted molar refractivity (Wildman–Crippen MR) is 80.5 cm³/mol. The molecule has 2 N–H and O–H groups in total. The second kappa shape index (κ2) is 6.76. The van der Waals surface area contributed by atoms with E-state index in [1.807, 2.05) is 0 Å². The van der Waals surface area contributed by atoms with Gasteiger partial charge in [-0.1, -0.05) is 0 Å². The van der Waals surface area contributed by atoms with Crippen LogP contribution in [0.15, 0.2) is 46.2 Å². The van der Waals surface area contributed by atoms with Gasteiger partial charge in [-0.25, -0.2) is 0 Å². The van der Waals surface area contributed by atoms with E-state index >= 15 is 0 Å². The Hall–Kier alpha value is -0.764. The third-order valence-electron chi connectivity index (χ3n) is 3.56. The van der Waals surface area contributed by atoms with Crippen molar-refractivity contribution in [2.75, 3.05) is 0 Å². The molecule has 25 heavy (non-hydrogen) atoms. The molecule has 0 saturated carbocycles. The maximum atomic E-state index is 12.5. The minimum absolute atomic E-state index is 0. The van der Waals surface area contributed by atoms with Gasteiger partial charge >= 0.3 is 51.4 Å². The number of hydrogen-bond acceptors (Lipinski definition) is 6. The van der Waals surface area contributed by atoms with E-state index in [0.717, 1.165) is 36.4 Å². The predicted octanol–water partition coefficient (Wildman–Crippen LogP) is -1.93. The molecule has 126 valence electrons. The Balaban J connectivity index is 0.00000169. The molecule has 0 bridgehead atoms. The molecule has 0 atom stereocenters. The number of fused-ring (bicyclic) bond motifs is 2. The fourth-order valence-electron chi connectivity index (χ4n) is 2.43. The van der Waals surface area contributed by atoms with Crippen LogP contribution in [0.5, 0.6) is 0 Å². The smallest absolute Gasteiger partial charge is 1.00 e. The van der Waals surface area contributed by atoms with E-state index in [2.05, 4.69) is 0 Å². The first-order valence-corrected chi connectivity index (χ1v) is 9.20. The van der Waals surface area contributed by atoms with Crippen LogP contribution >= 0.6 is 0 Å². The van der Waals surface area contributed by atoms with Gasteiger partial charge in [0.2, 0.25) is 0 Å². The molecule has 0 spiro atoms. The number of hydrogen-bond donors (Lipinski definition) is 2. The molecule has 3 rings (SSSR count). The summed E-state index contributed by atoms with van der Waals surface area (Å²) in [6.07, 6.45) is 0. The van der Waals surface area contributed by atoms with Crippen molar-refractivity contribution in [2.45, 2.75) is 9.79 Å². The molecule has 0 unspecified atom stereocenters. The summed E-state index contributed by atoms with van der Waals surface area (Å²) in [5.41, 5.74) is -0.704. The van der Waals surface area contributed by atoms with Crippen molar-refractivity contribution in [3.05, 3.63) is 58.7 Å². The van der Waals surface area contributed by atoms with Gasteiger partial charge in [0.05, 0.1) is 9.79 Å². The second-order valence-electron chi connectivity index (χ2n) is 5.02. The molecule has 0 aromatic heterocycles. The van der Waals surface area contributed by atoms with E-state index in [-0.39, 0.29) is 75.1 Å². The maximum absolute atomic E-state index is 12.5. The summed E-state index contributed by atoms with van der Waals surface area (Å²) in [4.78, 5) is 23.8. The van der Waals surface area contributed by atoms with Gasteiger partial charge in [0, 0.05) is 22.3 Å². The van der Waals surface area contributed by atoms with Crippen LogP contribution in [-0.2, 0) is 20.2 Å². The molecule has 0 heterocycles. The first kappa shape index (κ1) is 20.5. The Bertz CT molecular complexity index is 1050. The van der Waals surface area contributed by atoms with Crippen LogP contribution in [-0.4, -0.2) is 37.5 Å². The topological polar surface area (TPSA) is 143 Å². The van der Waals surface area contributed by atoms with Gasteiger partial charge in [0.15, 0.2) is 11.6 Å². The zero-order valence-electron chi connectivity index (χ0n) is 13.6. The summed E-state index contributed by atoms with van der Waals surface area (Å²) in [5.74, 6) is -1.40. The quantitative estimate of drug-likeness (QED) is 0.369. The van der Waals surface area contributed by atoms with E-state index in [1.54, 1.807) is 0 Å². The van der Waals surface area contributed by atoms with E-state index in [0.29, 0.717) is 0 Å². The maximum Gasteiger partial charge on any atom is 1.00 e. The van der Waals surface area contributed by atoms with Crippen LogP contribution in [0.25, 0.3) is 0 Å². The van der Waals surface area contributed by atoms with Gasteiger partial charge in [-0.05, 0) is 36.4 Å². The summed E-state index contributed by atoms with van der Waals surface area (Å²) in [7, 11) is -9.11. The van der Waals surface area contributed by atoms with Crippen LogP contribution in [0.2, 0.25) is 0 Å². The van der Waals surface area contributed by atoms with Gasteiger partial charge in [0.25, 0.3) is 20.2 Å². The van der Waals surface area contributed by atoms with Crippen LogP contribution in [0.3, 0.4) is 0 Å². The Morgan fingerprint density at radius 3 is 1.24 bits per heavy atom. The Morgan fingerprint density at radius 1 is 0.640 bits per heavy atom. The molecule has 0 fully saturated rings. The number of ketones is 2. The van der Waals surface area contributed by atoms with Crippen molar-refractivity contribution < 1.29 is 88.3 Å². The molecule has 0 amide bonds. The van der Waals surface area contributed by atoms with Crippen molar-refractivity contribution in [2.24, 2.45) is 0 Å². The Morgan fingerprint density at radius 2 is 0.960 bits per heavy atom. The zero-order valence-corrected chi connectivity index (χ0v) is 17.4. The Kier molecular flexibility index (Phi) is 5.55. The zero-order chi connectivity index (χ0) is 17.9. The van der Waals surface area contributed by atoms with Crippen molar-refractivity contribution in [1.29, 1.82) is 0 Å². The van der Waals surface area contributed by atoms with Gasteiger partial charge in [-0.2, -0.15) is 16.8 Å². The largest absolute Gasteiger partial charge is 1.00 e. The first-order chi connectivity index (χ1) is 11.0. The molecule has 0 aliphatic heterocycles. The molecule has 8 nitrogen and oxygen atoms in total. The summed E-state index contributed by atoms with van der Waals surface area (Å²) in [5, 5.41) is 0. The normalized spacial score (nSPS) is 13.7. The number of benzene rings is 2. The van der Waals surface area contributed by atoms with Crippen molar-refractivity contribution in [1.82, 2.24) is 0 Å². The van der Waals surface area contributed by atoms with E-state index in [4.69, 9.17) is 9.11 Å². The number of rotatable bonds is 2. The molecule has 1 aliphatic carbocycles. The van der Waals surface area contributed by atoms with Gasteiger partial charge in [-0.3, -0.25) is 18.7 Å². The molecule has 0 radical (unpaired) electrons. The SMILES string of the molecule is O=C1c2ccc(S(=O)(=O)O)cc2C(=O)c2ccc(S(=O)(=O)O)cc21.[H-].[K+]. The van der Waals surface area contributed by atoms with Crippen molar-refractivity contribution >= 4 is 31.8 Å². The third-order valence-corrected chi connectivity index (χ3v) is 5.26. The van der Waals surface area contributed by atoms with Crippen LogP contribution in [0.4, 0.5) is 0 Å². The van der Waals surface area contributed by atoms with E-state index < -0.39 is 41.6 Å². The van der Waals surface area contributed by atoms with Gasteiger partial charge < -0.3 is 1.43 Å². The van der Waals surface area contributed by atoms with Crippen LogP contribution < -0.4 is 51.4 Å². The average Bonchev–Trinajstić information content (AvgIpc) is 2.49. The molecule has 2 aromatic carbocycles. The fourth-order valence-corrected chi connectivity index (χ4v) is 3.44. The summed E-state index contributed by atoms with van der Waals surface area (Å²) in [6.45, 7) is 0. The van der Waals surface area contributed by atoms with Gasteiger partial charge in [0.1, 0.15) is 0 Å². The van der Waals surface area contributed by atoms with Crippen molar-refractivity contribution in [3.63, 3.8) is 0 Å². The standard InChI is InChI=1S/C14H8O8S2.K.H/c15-13-9-3-1-7(23(17,18)19)5-11(9)14(16)10-4-2-8(6-12(10)13)24(20,21)22;;/h1-6H,(H,17,18,19)(H,20,21,22);;/q;+1;-1. The van der Waals surface area contributed by atoms with Crippen LogP contribution in [0.1, 0.15) is 33.3 Å². The molecule has 2 aromatic rings. The van der Waals surface area contributed by atoms with Gasteiger partial charge in [-0.15, -0.1) is 0 Å². The average molecular weight is 408 g/mol. The molecular formula is C14H9KO8S2. The minimum Gasteiger partial charge on any atom is -1.00 e. The van der Waals surface area contributed by atoms with Crippen molar-refractivity contribution in [3.8, 4) is 0 Å². The minimum atomic E-state index is -4.56. The number of carbonyl (C=O) groups excluding carboxylic acids is 2. The first-order valence-electron chi connectivity index (χ1n) is 6.32. The summed E-state index contributed by atoms with van der Waals surface area (Å²) in [6, 6.07) is 5.78.